The smallest absolute Gasteiger partial charge is 0.0208 e. The second-order valence-corrected chi connectivity index (χ2v) is 4.55. The Morgan fingerprint density at radius 1 is 1.20 bits per heavy atom. The molecular formula is C13H20ClN. The van der Waals surface area contributed by atoms with Crippen LogP contribution in [0.3, 0.4) is 0 Å². The summed E-state index contributed by atoms with van der Waals surface area (Å²) in [5.74, 6) is 0.639. The SMILES string of the molecule is CC(C)c1ccc(CNC2CC2)cc1.Cl. The third kappa shape index (κ3) is 3.84. The van der Waals surface area contributed by atoms with E-state index in [4.69, 9.17) is 0 Å². The number of halogens is 1. The average molecular weight is 226 g/mol. The summed E-state index contributed by atoms with van der Waals surface area (Å²) < 4.78 is 0. The fraction of sp³-hybridized carbons (Fsp3) is 0.538. The molecule has 1 aromatic rings. The Balaban J connectivity index is 0.00000112. The van der Waals surface area contributed by atoms with E-state index in [1.807, 2.05) is 0 Å². The van der Waals surface area contributed by atoms with Gasteiger partial charge in [0.15, 0.2) is 0 Å². The minimum atomic E-state index is 0. The number of rotatable bonds is 4. The fourth-order valence-electron chi connectivity index (χ4n) is 1.57. The van der Waals surface area contributed by atoms with Crippen LogP contribution in [0, 0.1) is 0 Å². The molecule has 15 heavy (non-hydrogen) atoms. The molecule has 1 aliphatic rings. The Labute approximate surface area is 98.7 Å². The maximum Gasteiger partial charge on any atom is 0.0208 e. The molecule has 0 unspecified atom stereocenters. The monoisotopic (exact) mass is 225 g/mol. The van der Waals surface area contributed by atoms with Gasteiger partial charge < -0.3 is 5.32 Å². The molecule has 0 bridgehead atoms. The summed E-state index contributed by atoms with van der Waals surface area (Å²) in [4.78, 5) is 0. The van der Waals surface area contributed by atoms with Crippen molar-refractivity contribution >= 4 is 12.4 Å². The van der Waals surface area contributed by atoms with E-state index in [-0.39, 0.29) is 12.4 Å². The molecule has 0 saturated heterocycles. The lowest BCUT2D eigenvalue weighted by atomic mass is 10.0. The van der Waals surface area contributed by atoms with Crippen LogP contribution >= 0.6 is 12.4 Å². The molecule has 0 aromatic heterocycles. The molecule has 1 fully saturated rings. The van der Waals surface area contributed by atoms with E-state index < -0.39 is 0 Å². The molecule has 0 aliphatic heterocycles. The van der Waals surface area contributed by atoms with Crippen molar-refractivity contribution in [1.29, 1.82) is 0 Å². The van der Waals surface area contributed by atoms with Crippen LogP contribution in [0.2, 0.25) is 0 Å². The zero-order valence-corrected chi connectivity index (χ0v) is 10.3. The zero-order valence-electron chi connectivity index (χ0n) is 9.49. The maximum absolute atomic E-state index is 3.52. The molecule has 84 valence electrons. The molecule has 1 aliphatic carbocycles. The van der Waals surface area contributed by atoms with Crippen LogP contribution in [0.5, 0.6) is 0 Å². The molecule has 1 nitrogen and oxygen atoms in total. The Kier molecular flexibility index (Phi) is 4.62. The van der Waals surface area contributed by atoms with E-state index in [1.54, 1.807) is 0 Å². The van der Waals surface area contributed by atoms with Crippen molar-refractivity contribution in [2.45, 2.75) is 45.2 Å². The van der Waals surface area contributed by atoms with Gasteiger partial charge in [0.25, 0.3) is 0 Å². The highest BCUT2D eigenvalue weighted by Crippen LogP contribution is 2.20. The normalized spacial score (nSPS) is 15.1. The zero-order chi connectivity index (χ0) is 9.97. The fourth-order valence-corrected chi connectivity index (χ4v) is 1.57. The predicted octanol–water partition coefficient (Wildman–Crippen LogP) is 3.48. The summed E-state index contributed by atoms with van der Waals surface area (Å²) in [6.45, 7) is 5.50. The second-order valence-electron chi connectivity index (χ2n) is 4.55. The van der Waals surface area contributed by atoms with Crippen molar-refractivity contribution in [1.82, 2.24) is 5.32 Å². The summed E-state index contributed by atoms with van der Waals surface area (Å²) in [6.07, 6.45) is 2.73. The van der Waals surface area contributed by atoms with Gasteiger partial charge in [0, 0.05) is 12.6 Å². The predicted molar refractivity (Wildman–Crippen MR) is 67.6 cm³/mol. The minimum absolute atomic E-state index is 0. The first kappa shape index (κ1) is 12.5. The highest BCUT2D eigenvalue weighted by atomic mass is 35.5. The van der Waals surface area contributed by atoms with Crippen LogP contribution in [-0.2, 0) is 6.54 Å². The van der Waals surface area contributed by atoms with Gasteiger partial charge in [-0.3, -0.25) is 0 Å². The first-order valence-electron chi connectivity index (χ1n) is 5.58. The first-order valence-corrected chi connectivity index (χ1v) is 5.58. The second kappa shape index (κ2) is 5.53. The van der Waals surface area contributed by atoms with Crippen molar-refractivity contribution in [2.75, 3.05) is 0 Å². The standard InChI is InChI=1S/C13H19N.ClH/c1-10(2)12-5-3-11(4-6-12)9-14-13-7-8-13;/h3-6,10,13-14H,7-9H2,1-2H3;1H. The van der Waals surface area contributed by atoms with Crippen LogP contribution in [-0.4, -0.2) is 6.04 Å². The molecule has 0 atom stereocenters. The molecule has 0 radical (unpaired) electrons. The summed E-state index contributed by atoms with van der Waals surface area (Å²) >= 11 is 0. The van der Waals surface area contributed by atoms with Crippen LogP contribution < -0.4 is 5.32 Å². The summed E-state index contributed by atoms with van der Waals surface area (Å²) in [5.41, 5.74) is 2.83. The highest BCUT2D eigenvalue weighted by molar-refractivity contribution is 5.85. The van der Waals surface area contributed by atoms with E-state index in [2.05, 4.69) is 43.4 Å². The van der Waals surface area contributed by atoms with Crippen LogP contribution in [0.1, 0.15) is 43.7 Å². The number of hydrogen-bond donors (Lipinski definition) is 1. The van der Waals surface area contributed by atoms with Crippen LogP contribution in [0.4, 0.5) is 0 Å². The average Bonchev–Trinajstić information content (AvgIpc) is 2.99. The number of benzene rings is 1. The van der Waals surface area contributed by atoms with Gasteiger partial charge in [-0.1, -0.05) is 38.1 Å². The Morgan fingerprint density at radius 2 is 1.80 bits per heavy atom. The lowest BCUT2D eigenvalue weighted by Gasteiger charge is -2.07. The number of nitrogens with one attached hydrogen (secondary N) is 1. The molecule has 0 heterocycles. The van der Waals surface area contributed by atoms with Crippen molar-refractivity contribution in [3.8, 4) is 0 Å². The Morgan fingerprint density at radius 3 is 2.27 bits per heavy atom. The third-order valence-corrected chi connectivity index (χ3v) is 2.82. The van der Waals surface area contributed by atoms with Crippen molar-refractivity contribution in [2.24, 2.45) is 0 Å². The van der Waals surface area contributed by atoms with Gasteiger partial charge in [-0.25, -0.2) is 0 Å². The summed E-state index contributed by atoms with van der Waals surface area (Å²) in [6, 6.07) is 9.78. The van der Waals surface area contributed by atoms with Gasteiger partial charge in [-0.05, 0) is 29.9 Å². The molecule has 1 N–H and O–H groups in total. The first-order chi connectivity index (χ1) is 6.75. The molecular weight excluding hydrogens is 206 g/mol. The molecule has 2 rings (SSSR count). The molecule has 1 aromatic carbocycles. The van der Waals surface area contributed by atoms with Gasteiger partial charge in [0.1, 0.15) is 0 Å². The Bertz CT molecular complexity index is 288. The van der Waals surface area contributed by atoms with Gasteiger partial charge in [0.05, 0.1) is 0 Å². The van der Waals surface area contributed by atoms with Gasteiger partial charge in [0.2, 0.25) is 0 Å². The van der Waals surface area contributed by atoms with Crippen molar-refractivity contribution < 1.29 is 0 Å². The summed E-state index contributed by atoms with van der Waals surface area (Å²) in [7, 11) is 0. The summed E-state index contributed by atoms with van der Waals surface area (Å²) in [5, 5.41) is 3.52. The van der Waals surface area contributed by atoms with Gasteiger partial charge in [-0.2, -0.15) is 0 Å². The minimum Gasteiger partial charge on any atom is -0.310 e. The topological polar surface area (TPSA) is 12.0 Å². The van der Waals surface area contributed by atoms with E-state index in [0.29, 0.717) is 5.92 Å². The van der Waals surface area contributed by atoms with E-state index in [0.717, 1.165) is 12.6 Å². The van der Waals surface area contributed by atoms with Crippen LogP contribution in [0.25, 0.3) is 0 Å². The van der Waals surface area contributed by atoms with Crippen molar-refractivity contribution in [3.63, 3.8) is 0 Å². The lowest BCUT2D eigenvalue weighted by Crippen LogP contribution is -2.15. The molecule has 2 heteroatoms. The van der Waals surface area contributed by atoms with Gasteiger partial charge in [-0.15, -0.1) is 12.4 Å². The third-order valence-electron chi connectivity index (χ3n) is 2.82. The van der Waals surface area contributed by atoms with E-state index >= 15 is 0 Å². The van der Waals surface area contributed by atoms with E-state index in [1.165, 1.54) is 24.0 Å². The highest BCUT2D eigenvalue weighted by Gasteiger charge is 2.19. The van der Waals surface area contributed by atoms with E-state index in [9.17, 15) is 0 Å². The largest absolute Gasteiger partial charge is 0.310 e. The van der Waals surface area contributed by atoms with Crippen LogP contribution in [0.15, 0.2) is 24.3 Å². The molecule has 1 saturated carbocycles. The number of hydrogen-bond acceptors (Lipinski definition) is 1. The maximum atomic E-state index is 3.52. The quantitative estimate of drug-likeness (QED) is 0.828. The lowest BCUT2D eigenvalue weighted by molar-refractivity contribution is 0.687. The molecule has 0 amide bonds. The molecule has 0 spiro atoms. The van der Waals surface area contributed by atoms with Crippen molar-refractivity contribution in [3.05, 3.63) is 35.4 Å². The van der Waals surface area contributed by atoms with Gasteiger partial charge >= 0.3 is 0 Å². The Hall–Kier alpha value is -0.530.